The van der Waals surface area contributed by atoms with Crippen molar-refractivity contribution in [1.29, 1.82) is 0 Å². The van der Waals surface area contributed by atoms with E-state index in [1.54, 1.807) is 0 Å². The zero-order valence-electron chi connectivity index (χ0n) is 13.0. The van der Waals surface area contributed by atoms with Crippen LogP contribution in [-0.2, 0) is 12.8 Å². The molecule has 2 N–H and O–H groups in total. The molecule has 3 rings (SSSR count). The summed E-state index contributed by atoms with van der Waals surface area (Å²) in [6.07, 6.45) is 5.22. The summed E-state index contributed by atoms with van der Waals surface area (Å²) in [5, 5.41) is 0. The Morgan fingerprint density at radius 1 is 1.24 bits per heavy atom. The number of benzene rings is 1. The second kappa shape index (κ2) is 6.29. The molecule has 1 fully saturated rings. The number of ketones is 1. The number of piperidine rings is 1. The van der Waals surface area contributed by atoms with E-state index in [2.05, 4.69) is 30.0 Å². The van der Waals surface area contributed by atoms with Crippen molar-refractivity contribution in [3.63, 3.8) is 0 Å². The Balaban J connectivity index is 1.68. The molecule has 1 unspecified atom stereocenters. The third-order valence-electron chi connectivity index (χ3n) is 5.09. The van der Waals surface area contributed by atoms with E-state index in [4.69, 9.17) is 5.73 Å². The highest BCUT2D eigenvalue weighted by atomic mass is 16.1. The Morgan fingerprint density at radius 2 is 2.00 bits per heavy atom. The van der Waals surface area contributed by atoms with Crippen LogP contribution in [0.2, 0.25) is 0 Å². The predicted molar refractivity (Wildman–Crippen MR) is 85.6 cm³/mol. The van der Waals surface area contributed by atoms with Gasteiger partial charge in [-0.15, -0.1) is 0 Å². The summed E-state index contributed by atoms with van der Waals surface area (Å²) < 4.78 is 0. The molecule has 114 valence electrons. The van der Waals surface area contributed by atoms with Crippen LogP contribution in [0.25, 0.3) is 0 Å². The number of hydrogen-bond donors (Lipinski definition) is 1. The Kier molecular flexibility index (Phi) is 4.41. The van der Waals surface area contributed by atoms with Gasteiger partial charge in [0.15, 0.2) is 5.78 Å². The smallest absolute Gasteiger partial charge is 0.167 e. The van der Waals surface area contributed by atoms with E-state index >= 15 is 0 Å². The van der Waals surface area contributed by atoms with Crippen LogP contribution >= 0.6 is 0 Å². The average Bonchev–Trinajstić information content (AvgIpc) is 2.52. The van der Waals surface area contributed by atoms with Crippen molar-refractivity contribution in [3.8, 4) is 0 Å². The van der Waals surface area contributed by atoms with Gasteiger partial charge in [0.05, 0.1) is 0 Å². The topological polar surface area (TPSA) is 46.3 Å². The van der Waals surface area contributed by atoms with Gasteiger partial charge in [0.25, 0.3) is 0 Å². The van der Waals surface area contributed by atoms with Gasteiger partial charge in [0.2, 0.25) is 0 Å². The second-order valence-electron chi connectivity index (χ2n) is 6.58. The lowest BCUT2D eigenvalue weighted by atomic mass is 9.81. The molecular weight excluding hydrogens is 260 g/mol. The van der Waals surface area contributed by atoms with Crippen LogP contribution in [0, 0.1) is 5.92 Å². The van der Waals surface area contributed by atoms with Crippen LogP contribution in [0.3, 0.4) is 0 Å². The van der Waals surface area contributed by atoms with Gasteiger partial charge in [0, 0.05) is 24.1 Å². The molecule has 1 aromatic rings. The largest absolute Gasteiger partial charge is 0.328 e. The Bertz CT molecular complexity index is 518. The molecule has 1 aliphatic carbocycles. The molecule has 1 aromatic carbocycles. The number of rotatable bonds is 3. The summed E-state index contributed by atoms with van der Waals surface area (Å²) in [6, 6.07) is 6.74. The zero-order valence-corrected chi connectivity index (χ0v) is 13.0. The maximum atomic E-state index is 12.7. The maximum absolute atomic E-state index is 12.7. The number of Topliss-reactive ketones (excluding diaryl/α,β-unsaturated/α-hetero) is 1. The van der Waals surface area contributed by atoms with Crippen molar-refractivity contribution in [2.45, 2.75) is 45.1 Å². The number of carbonyl (C=O) groups excluding carboxylic acids is 1. The van der Waals surface area contributed by atoms with Gasteiger partial charge in [0.1, 0.15) is 0 Å². The molecule has 0 saturated carbocycles. The number of fused-ring (bicyclic) bond motifs is 1. The minimum atomic E-state index is 0.180. The summed E-state index contributed by atoms with van der Waals surface area (Å²) in [5.41, 5.74) is 9.52. The molecule has 3 heteroatoms. The van der Waals surface area contributed by atoms with Crippen molar-refractivity contribution in [2.75, 3.05) is 19.6 Å². The lowest BCUT2D eigenvalue weighted by Crippen LogP contribution is -2.43. The van der Waals surface area contributed by atoms with E-state index in [9.17, 15) is 4.79 Å². The molecule has 0 amide bonds. The molecule has 1 aliphatic heterocycles. The van der Waals surface area contributed by atoms with Crippen LogP contribution in [0.1, 0.15) is 47.7 Å². The molecule has 0 bridgehead atoms. The van der Waals surface area contributed by atoms with Gasteiger partial charge in [-0.25, -0.2) is 0 Å². The average molecular weight is 286 g/mol. The molecule has 1 atom stereocenters. The van der Waals surface area contributed by atoms with Gasteiger partial charge in [-0.1, -0.05) is 25.1 Å². The predicted octanol–water partition coefficient (Wildman–Crippen LogP) is 2.42. The summed E-state index contributed by atoms with van der Waals surface area (Å²) in [7, 11) is 0. The monoisotopic (exact) mass is 286 g/mol. The van der Waals surface area contributed by atoms with Crippen LogP contribution in [0.5, 0.6) is 0 Å². The summed E-state index contributed by atoms with van der Waals surface area (Å²) in [6.45, 7) is 5.18. The Morgan fingerprint density at radius 3 is 2.71 bits per heavy atom. The number of carbonyl (C=O) groups is 1. The zero-order chi connectivity index (χ0) is 14.8. The van der Waals surface area contributed by atoms with E-state index in [1.165, 1.54) is 11.1 Å². The second-order valence-corrected chi connectivity index (χ2v) is 6.58. The summed E-state index contributed by atoms with van der Waals surface area (Å²) in [5.74, 6) is 0.535. The first-order chi connectivity index (χ1) is 10.2. The molecule has 0 aromatic heterocycles. The number of likely N-dealkylation sites (tertiary alicyclic amines) is 1. The van der Waals surface area contributed by atoms with Crippen molar-refractivity contribution in [1.82, 2.24) is 4.90 Å². The van der Waals surface area contributed by atoms with Gasteiger partial charge in [-0.3, -0.25) is 4.79 Å². The van der Waals surface area contributed by atoms with Crippen molar-refractivity contribution in [3.05, 3.63) is 34.9 Å². The molecule has 0 radical (unpaired) electrons. The molecule has 2 aliphatic rings. The fourth-order valence-corrected chi connectivity index (χ4v) is 3.62. The number of nitrogens with two attached hydrogens (primary N) is 1. The maximum Gasteiger partial charge on any atom is 0.167 e. The molecule has 1 heterocycles. The van der Waals surface area contributed by atoms with Gasteiger partial charge >= 0.3 is 0 Å². The van der Waals surface area contributed by atoms with Crippen LogP contribution in [-0.4, -0.2) is 36.4 Å². The molecule has 21 heavy (non-hydrogen) atoms. The fraction of sp³-hybridized carbons (Fsp3) is 0.611. The van der Waals surface area contributed by atoms with Crippen LogP contribution < -0.4 is 5.73 Å². The lowest BCUT2D eigenvalue weighted by Gasteiger charge is -2.34. The van der Waals surface area contributed by atoms with Crippen molar-refractivity contribution < 1.29 is 4.79 Å². The number of hydrogen-bond acceptors (Lipinski definition) is 3. The van der Waals surface area contributed by atoms with E-state index < -0.39 is 0 Å². The van der Waals surface area contributed by atoms with Crippen molar-refractivity contribution >= 4 is 5.78 Å². The highest BCUT2D eigenvalue weighted by Gasteiger charge is 2.29. The van der Waals surface area contributed by atoms with Crippen LogP contribution in [0.4, 0.5) is 0 Å². The SMILES string of the molecule is CCc1ccc2c(c1)CCC(CN1CCC(N)CC1)C2=O. The summed E-state index contributed by atoms with van der Waals surface area (Å²) >= 11 is 0. The summed E-state index contributed by atoms with van der Waals surface area (Å²) in [4.78, 5) is 15.1. The van der Waals surface area contributed by atoms with E-state index in [1.807, 2.05) is 0 Å². The quantitative estimate of drug-likeness (QED) is 0.928. The normalized spacial score (nSPS) is 24.1. The van der Waals surface area contributed by atoms with Gasteiger partial charge in [-0.2, -0.15) is 0 Å². The van der Waals surface area contributed by atoms with Crippen molar-refractivity contribution in [2.24, 2.45) is 11.7 Å². The third-order valence-corrected chi connectivity index (χ3v) is 5.09. The lowest BCUT2D eigenvalue weighted by molar-refractivity contribution is 0.0841. The Hall–Kier alpha value is -1.19. The van der Waals surface area contributed by atoms with E-state index in [0.29, 0.717) is 11.8 Å². The first-order valence-corrected chi connectivity index (χ1v) is 8.31. The fourth-order valence-electron chi connectivity index (χ4n) is 3.62. The molecule has 0 spiro atoms. The first-order valence-electron chi connectivity index (χ1n) is 8.31. The van der Waals surface area contributed by atoms with Gasteiger partial charge < -0.3 is 10.6 Å². The van der Waals surface area contributed by atoms with Gasteiger partial charge in [-0.05, 0) is 56.3 Å². The Labute approximate surface area is 127 Å². The number of aryl methyl sites for hydroxylation is 2. The first kappa shape index (κ1) is 14.7. The molecular formula is C18H26N2O. The highest BCUT2D eigenvalue weighted by Crippen LogP contribution is 2.28. The standard InChI is InChI=1S/C18H26N2O/c1-2-13-3-6-17-14(11-13)4-5-15(18(17)21)12-20-9-7-16(19)8-10-20/h3,6,11,15-16H,2,4-5,7-10,12,19H2,1H3. The number of nitrogens with zero attached hydrogens (tertiary/aromatic N) is 1. The molecule has 3 nitrogen and oxygen atoms in total. The highest BCUT2D eigenvalue weighted by molar-refractivity contribution is 6.00. The third kappa shape index (κ3) is 3.19. The minimum Gasteiger partial charge on any atom is -0.328 e. The van der Waals surface area contributed by atoms with E-state index in [-0.39, 0.29) is 5.92 Å². The van der Waals surface area contributed by atoms with E-state index in [0.717, 1.165) is 57.3 Å². The molecule has 1 saturated heterocycles. The minimum absolute atomic E-state index is 0.180. The van der Waals surface area contributed by atoms with Crippen LogP contribution in [0.15, 0.2) is 18.2 Å².